The monoisotopic (exact) mass is 306 g/mol. The second kappa shape index (κ2) is 6.89. The molecule has 0 radical (unpaired) electrons. The number of para-hydroxylation sites is 1. The third kappa shape index (κ3) is 3.94. The maximum Gasteiger partial charge on any atom is 0.223 e. The predicted octanol–water partition coefficient (Wildman–Crippen LogP) is 2.20. The molecule has 1 aliphatic rings. The van der Waals surface area contributed by atoms with Crippen LogP contribution in [0.15, 0.2) is 24.3 Å². The topological polar surface area (TPSA) is 55.6 Å². The zero-order valence-electron chi connectivity index (χ0n) is 12.5. The first-order chi connectivity index (χ1) is 9.99. The summed E-state index contributed by atoms with van der Waals surface area (Å²) in [6.07, 6.45) is 0.654. The molecule has 1 fully saturated rings. The summed E-state index contributed by atoms with van der Waals surface area (Å²) in [4.78, 5) is 14.1. The Hall–Kier alpha value is -1.62. The first-order valence-electron chi connectivity index (χ1n) is 7.28. The lowest BCUT2D eigenvalue weighted by molar-refractivity contribution is -0.128. The van der Waals surface area contributed by atoms with Crippen molar-refractivity contribution < 1.29 is 9.53 Å². The SMILES string of the molecule is CC(C)C1CC(=O)N(CCOc2ccccc2C(N)=S)C1. The van der Waals surface area contributed by atoms with Gasteiger partial charge in [0.25, 0.3) is 0 Å². The number of hydrogen-bond donors (Lipinski definition) is 1. The molecule has 1 amide bonds. The number of amides is 1. The molecule has 1 aromatic rings. The van der Waals surface area contributed by atoms with E-state index in [0.717, 1.165) is 12.1 Å². The van der Waals surface area contributed by atoms with Gasteiger partial charge >= 0.3 is 0 Å². The molecule has 1 unspecified atom stereocenters. The molecule has 1 aromatic carbocycles. The third-order valence-corrected chi connectivity index (χ3v) is 4.18. The Labute approximate surface area is 131 Å². The highest BCUT2D eigenvalue weighted by Crippen LogP contribution is 2.24. The Bertz CT molecular complexity index is 531. The lowest BCUT2D eigenvalue weighted by atomic mass is 9.95. The quantitative estimate of drug-likeness (QED) is 0.819. The summed E-state index contributed by atoms with van der Waals surface area (Å²) in [5.41, 5.74) is 6.41. The van der Waals surface area contributed by atoms with Gasteiger partial charge in [-0.1, -0.05) is 38.2 Å². The summed E-state index contributed by atoms with van der Waals surface area (Å²) in [5, 5.41) is 0. The van der Waals surface area contributed by atoms with Crippen LogP contribution < -0.4 is 10.5 Å². The van der Waals surface area contributed by atoms with Gasteiger partial charge in [0.05, 0.1) is 12.1 Å². The molecule has 1 atom stereocenters. The standard InChI is InChI=1S/C16H22N2O2S/c1-11(2)12-9-15(19)18(10-12)7-8-20-14-6-4-3-5-13(14)16(17)21/h3-6,11-12H,7-10H2,1-2H3,(H2,17,21). The summed E-state index contributed by atoms with van der Waals surface area (Å²) >= 11 is 5.00. The zero-order chi connectivity index (χ0) is 15.4. The molecule has 2 N–H and O–H groups in total. The van der Waals surface area contributed by atoms with Gasteiger partial charge in [0.15, 0.2) is 0 Å². The van der Waals surface area contributed by atoms with Crippen LogP contribution in [-0.4, -0.2) is 35.5 Å². The minimum Gasteiger partial charge on any atom is -0.491 e. The fourth-order valence-electron chi connectivity index (χ4n) is 2.53. The normalized spacial score (nSPS) is 18.3. The Balaban J connectivity index is 1.88. The number of carbonyl (C=O) groups excluding carboxylic acids is 1. The fourth-order valence-corrected chi connectivity index (χ4v) is 2.70. The first kappa shape index (κ1) is 15.8. The number of ether oxygens (including phenoxy) is 1. The maximum atomic E-state index is 11.9. The average molecular weight is 306 g/mol. The third-order valence-electron chi connectivity index (χ3n) is 3.96. The van der Waals surface area contributed by atoms with Crippen LogP contribution in [0.3, 0.4) is 0 Å². The van der Waals surface area contributed by atoms with Gasteiger partial charge in [-0.2, -0.15) is 0 Å². The predicted molar refractivity (Wildman–Crippen MR) is 87.3 cm³/mol. The zero-order valence-corrected chi connectivity index (χ0v) is 13.4. The van der Waals surface area contributed by atoms with Crippen LogP contribution in [0.5, 0.6) is 5.75 Å². The molecule has 2 rings (SSSR count). The van der Waals surface area contributed by atoms with Gasteiger partial charge < -0.3 is 15.4 Å². The Kier molecular flexibility index (Phi) is 5.17. The Morgan fingerprint density at radius 2 is 2.19 bits per heavy atom. The fraction of sp³-hybridized carbons (Fsp3) is 0.500. The summed E-state index contributed by atoms with van der Waals surface area (Å²) in [7, 11) is 0. The minimum atomic E-state index is 0.222. The number of thiocarbonyl (C=S) groups is 1. The molecule has 1 heterocycles. The number of nitrogens with zero attached hydrogens (tertiary/aromatic N) is 1. The summed E-state index contributed by atoms with van der Waals surface area (Å²) in [5.74, 6) is 1.90. The van der Waals surface area contributed by atoms with Gasteiger partial charge in [-0.15, -0.1) is 0 Å². The molecule has 0 spiro atoms. The van der Waals surface area contributed by atoms with Crippen molar-refractivity contribution in [2.24, 2.45) is 17.6 Å². The largest absolute Gasteiger partial charge is 0.491 e. The molecule has 0 bridgehead atoms. The first-order valence-corrected chi connectivity index (χ1v) is 7.69. The number of nitrogens with two attached hydrogens (primary N) is 1. The number of likely N-dealkylation sites (tertiary alicyclic amines) is 1. The van der Waals surface area contributed by atoms with Gasteiger partial charge in [0.2, 0.25) is 5.91 Å². The second-order valence-electron chi connectivity index (χ2n) is 5.76. The van der Waals surface area contributed by atoms with E-state index in [2.05, 4.69) is 13.8 Å². The van der Waals surface area contributed by atoms with E-state index < -0.39 is 0 Å². The van der Waals surface area contributed by atoms with Crippen molar-refractivity contribution in [3.8, 4) is 5.75 Å². The van der Waals surface area contributed by atoms with E-state index in [1.807, 2.05) is 29.2 Å². The maximum absolute atomic E-state index is 11.9. The van der Waals surface area contributed by atoms with E-state index in [-0.39, 0.29) is 5.91 Å². The molecular formula is C16H22N2O2S. The average Bonchev–Trinajstić information content (AvgIpc) is 2.81. The minimum absolute atomic E-state index is 0.222. The highest BCUT2D eigenvalue weighted by atomic mass is 32.1. The molecule has 1 aliphatic heterocycles. The van der Waals surface area contributed by atoms with Crippen molar-refractivity contribution in [2.75, 3.05) is 19.7 Å². The lowest BCUT2D eigenvalue weighted by Gasteiger charge is -2.19. The van der Waals surface area contributed by atoms with Crippen LogP contribution in [0.25, 0.3) is 0 Å². The van der Waals surface area contributed by atoms with E-state index >= 15 is 0 Å². The molecule has 114 valence electrons. The molecule has 4 nitrogen and oxygen atoms in total. The van der Waals surface area contributed by atoms with Crippen LogP contribution in [0.2, 0.25) is 0 Å². The Morgan fingerprint density at radius 3 is 2.81 bits per heavy atom. The summed E-state index contributed by atoms with van der Waals surface area (Å²) in [6, 6.07) is 7.44. The van der Waals surface area contributed by atoms with Gasteiger partial charge in [0.1, 0.15) is 17.3 Å². The van der Waals surface area contributed by atoms with Crippen LogP contribution >= 0.6 is 12.2 Å². The van der Waals surface area contributed by atoms with E-state index in [0.29, 0.717) is 42.1 Å². The molecule has 0 aliphatic carbocycles. The van der Waals surface area contributed by atoms with Crippen molar-refractivity contribution >= 4 is 23.1 Å². The summed E-state index contributed by atoms with van der Waals surface area (Å²) in [6.45, 7) is 6.22. The van der Waals surface area contributed by atoms with E-state index in [9.17, 15) is 4.79 Å². The van der Waals surface area contributed by atoms with E-state index in [1.54, 1.807) is 0 Å². The van der Waals surface area contributed by atoms with Gasteiger partial charge in [0, 0.05) is 13.0 Å². The molecule has 0 saturated carbocycles. The Morgan fingerprint density at radius 1 is 1.48 bits per heavy atom. The molecule has 5 heteroatoms. The summed E-state index contributed by atoms with van der Waals surface area (Å²) < 4.78 is 5.74. The van der Waals surface area contributed by atoms with Crippen molar-refractivity contribution in [3.63, 3.8) is 0 Å². The van der Waals surface area contributed by atoms with Crippen LogP contribution in [0.1, 0.15) is 25.8 Å². The van der Waals surface area contributed by atoms with Crippen molar-refractivity contribution in [3.05, 3.63) is 29.8 Å². The van der Waals surface area contributed by atoms with Crippen LogP contribution in [-0.2, 0) is 4.79 Å². The highest BCUT2D eigenvalue weighted by Gasteiger charge is 2.30. The smallest absolute Gasteiger partial charge is 0.223 e. The van der Waals surface area contributed by atoms with Crippen LogP contribution in [0.4, 0.5) is 0 Å². The van der Waals surface area contributed by atoms with Crippen molar-refractivity contribution in [2.45, 2.75) is 20.3 Å². The second-order valence-corrected chi connectivity index (χ2v) is 6.20. The van der Waals surface area contributed by atoms with Crippen LogP contribution in [0, 0.1) is 11.8 Å². The number of hydrogen-bond acceptors (Lipinski definition) is 3. The van der Waals surface area contributed by atoms with Gasteiger partial charge in [-0.3, -0.25) is 4.79 Å². The number of benzene rings is 1. The van der Waals surface area contributed by atoms with E-state index in [4.69, 9.17) is 22.7 Å². The van der Waals surface area contributed by atoms with E-state index in [1.165, 1.54) is 0 Å². The number of rotatable bonds is 6. The van der Waals surface area contributed by atoms with Gasteiger partial charge in [-0.05, 0) is 24.0 Å². The van der Waals surface area contributed by atoms with Gasteiger partial charge in [-0.25, -0.2) is 0 Å². The molecular weight excluding hydrogens is 284 g/mol. The van der Waals surface area contributed by atoms with Crippen molar-refractivity contribution in [1.82, 2.24) is 4.90 Å². The number of carbonyl (C=O) groups is 1. The molecule has 0 aromatic heterocycles. The highest BCUT2D eigenvalue weighted by molar-refractivity contribution is 7.80. The molecule has 21 heavy (non-hydrogen) atoms. The molecule has 1 saturated heterocycles. The van der Waals surface area contributed by atoms with Crippen molar-refractivity contribution in [1.29, 1.82) is 0 Å². The lowest BCUT2D eigenvalue weighted by Crippen LogP contribution is -2.30.